The molecule has 0 bridgehead atoms. The van der Waals surface area contributed by atoms with Crippen LogP contribution in [0.5, 0.6) is 0 Å². The van der Waals surface area contributed by atoms with E-state index in [-0.39, 0.29) is 0 Å². The highest BCUT2D eigenvalue weighted by atomic mass is 15.3. The average Bonchev–Trinajstić information content (AvgIpc) is 3.12. The molecule has 1 saturated carbocycles. The first-order chi connectivity index (χ1) is 8.45. The van der Waals surface area contributed by atoms with Crippen molar-refractivity contribution in [1.82, 2.24) is 10.2 Å². The minimum atomic E-state index is 0.415. The van der Waals surface area contributed by atoms with Gasteiger partial charge < -0.3 is 5.32 Å². The van der Waals surface area contributed by atoms with Crippen LogP contribution in [0.1, 0.15) is 60.3 Å². The summed E-state index contributed by atoms with van der Waals surface area (Å²) in [5.74, 6) is 1.75. The summed E-state index contributed by atoms with van der Waals surface area (Å²) in [5.41, 5.74) is 0.415. The van der Waals surface area contributed by atoms with Crippen LogP contribution in [0.3, 0.4) is 0 Å². The summed E-state index contributed by atoms with van der Waals surface area (Å²) in [5, 5.41) is 3.77. The van der Waals surface area contributed by atoms with E-state index < -0.39 is 0 Å². The Morgan fingerprint density at radius 1 is 1.28 bits per heavy atom. The van der Waals surface area contributed by atoms with E-state index in [1.807, 2.05) is 0 Å². The molecule has 0 amide bonds. The molecule has 2 unspecified atom stereocenters. The molecule has 2 fully saturated rings. The molecule has 1 heterocycles. The number of rotatable bonds is 5. The molecule has 1 N–H and O–H groups in total. The third-order valence-corrected chi connectivity index (χ3v) is 5.04. The monoisotopic (exact) mass is 252 g/mol. The van der Waals surface area contributed by atoms with E-state index in [2.05, 4.69) is 44.8 Å². The lowest BCUT2D eigenvalue weighted by Crippen LogP contribution is -2.63. The molecule has 2 rings (SSSR count). The molecule has 0 spiro atoms. The van der Waals surface area contributed by atoms with Crippen molar-refractivity contribution in [2.75, 3.05) is 13.1 Å². The maximum absolute atomic E-state index is 3.77. The Hall–Kier alpha value is -0.0800. The molecule has 1 saturated heterocycles. The number of nitrogens with zero attached hydrogens (tertiary/aromatic N) is 1. The van der Waals surface area contributed by atoms with Crippen LogP contribution in [0.2, 0.25) is 0 Å². The van der Waals surface area contributed by atoms with Gasteiger partial charge in [0.2, 0.25) is 0 Å². The Morgan fingerprint density at radius 2 is 1.94 bits per heavy atom. The van der Waals surface area contributed by atoms with Gasteiger partial charge in [-0.1, -0.05) is 20.8 Å². The zero-order chi connectivity index (χ0) is 13.3. The van der Waals surface area contributed by atoms with E-state index in [1.54, 1.807) is 0 Å². The van der Waals surface area contributed by atoms with Gasteiger partial charge in [0.05, 0.1) is 0 Å². The van der Waals surface area contributed by atoms with Gasteiger partial charge in [-0.25, -0.2) is 0 Å². The van der Waals surface area contributed by atoms with Crippen molar-refractivity contribution >= 4 is 0 Å². The number of nitrogens with one attached hydrogen (secondary N) is 1. The molecule has 18 heavy (non-hydrogen) atoms. The fourth-order valence-electron chi connectivity index (χ4n) is 3.69. The highest BCUT2D eigenvalue weighted by molar-refractivity contribution is 5.01. The molecule has 0 aromatic heterocycles. The van der Waals surface area contributed by atoms with Crippen molar-refractivity contribution in [2.45, 2.75) is 77.9 Å². The Balaban J connectivity index is 2.03. The van der Waals surface area contributed by atoms with Crippen LogP contribution >= 0.6 is 0 Å². The highest BCUT2D eigenvalue weighted by Gasteiger charge is 2.45. The normalized spacial score (nSPS) is 31.0. The first kappa shape index (κ1) is 14.3. The maximum atomic E-state index is 3.77. The smallest absolute Gasteiger partial charge is 0.0224 e. The first-order valence-electron chi connectivity index (χ1n) is 7.95. The van der Waals surface area contributed by atoms with Crippen LogP contribution in [-0.2, 0) is 0 Å². The lowest BCUT2D eigenvalue weighted by molar-refractivity contribution is 0.0121. The van der Waals surface area contributed by atoms with Crippen molar-refractivity contribution in [3.8, 4) is 0 Å². The van der Waals surface area contributed by atoms with Crippen LogP contribution in [-0.4, -0.2) is 35.6 Å². The summed E-state index contributed by atoms with van der Waals surface area (Å²) < 4.78 is 0. The molecule has 2 heteroatoms. The minimum Gasteiger partial charge on any atom is -0.311 e. The van der Waals surface area contributed by atoms with E-state index in [4.69, 9.17) is 0 Å². The third kappa shape index (κ3) is 3.08. The number of hydrogen-bond acceptors (Lipinski definition) is 2. The molecule has 2 nitrogen and oxygen atoms in total. The lowest BCUT2D eigenvalue weighted by Gasteiger charge is -2.49. The fourth-order valence-corrected chi connectivity index (χ4v) is 3.69. The quantitative estimate of drug-likeness (QED) is 0.808. The van der Waals surface area contributed by atoms with Gasteiger partial charge in [-0.3, -0.25) is 4.90 Å². The predicted octanol–water partition coefficient (Wildman–Crippen LogP) is 3.27. The molecule has 2 atom stereocenters. The minimum absolute atomic E-state index is 0.415. The Labute approximate surface area is 114 Å². The van der Waals surface area contributed by atoms with Crippen molar-refractivity contribution in [1.29, 1.82) is 0 Å². The number of hydrogen-bond donors (Lipinski definition) is 1. The second-order valence-electron chi connectivity index (χ2n) is 7.38. The molecule has 0 radical (unpaired) electrons. The first-order valence-corrected chi connectivity index (χ1v) is 7.95. The van der Waals surface area contributed by atoms with Gasteiger partial charge in [0.1, 0.15) is 0 Å². The lowest BCUT2D eigenvalue weighted by atomic mass is 9.89. The fraction of sp³-hybridized carbons (Fsp3) is 1.00. The van der Waals surface area contributed by atoms with Gasteiger partial charge in [-0.15, -0.1) is 0 Å². The van der Waals surface area contributed by atoms with Gasteiger partial charge in [0.25, 0.3) is 0 Å². The molecule has 1 aliphatic carbocycles. The second-order valence-corrected chi connectivity index (χ2v) is 7.38. The van der Waals surface area contributed by atoms with E-state index in [9.17, 15) is 0 Å². The number of piperazine rings is 1. The van der Waals surface area contributed by atoms with Gasteiger partial charge in [-0.05, 0) is 51.4 Å². The van der Waals surface area contributed by atoms with Gasteiger partial charge in [-0.2, -0.15) is 0 Å². The second kappa shape index (κ2) is 5.50. The van der Waals surface area contributed by atoms with Gasteiger partial charge in [0, 0.05) is 30.7 Å². The van der Waals surface area contributed by atoms with E-state index in [0.717, 1.165) is 17.9 Å². The predicted molar refractivity (Wildman–Crippen MR) is 78.8 cm³/mol. The van der Waals surface area contributed by atoms with Crippen molar-refractivity contribution < 1.29 is 0 Å². The zero-order valence-electron chi connectivity index (χ0n) is 13.0. The van der Waals surface area contributed by atoms with Gasteiger partial charge >= 0.3 is 0 Å². The summed E-state index contributed by atoms with van der Waals surface area (Å²) in [6, 6.07) is 1.44. The molecular formula is C16H32N2. The molecule has 1 aliphatic heterocycles. The topological polar surface area (TPSA) is 15.3 Å². The summed E-state index contributed by atoms with van der Waals surface area (Å²) in [6.45, 7) is 14.4. The molecular weight excluding hydrogens is 220 g/mol. The van der Waals surface area contributed by atoms with Crippen molar-refractivity contribution in [2.24, 2.45) is 11.8 Å². The Kier molecular flexibility index (Phi) is 4.38. The van der Waals surface area contributed by atoms with Crippen molar-refractivity contribution in [3.63, 3.8) is 0 Å². The van der Waals surface area contributed by atoms with E-state index >= 15 is 0 Å². The third-order valence-electron chi connectivity index (χ3n) is 5.04. The Morgan fingerprint density at radius 3 is 2.44 bits per heavy atom. The maximum Gasteiger partial charge on any atom is 0.0224 e. The standard InChI is InChI=1S/C16H32N2/c1-6-15-10-17-14(9-12(2)3)11-18(15)16(4,5)13-7-8-13/h12-15,17H,6-11H2,1-5H3. The molecule has 106 valence electrons. The largest absolute Gasteiger partial charge is 0.311 e. The van der Waals surface area contributed by atoms with E-state index in [1.165, 1.54) is 38.8 Å². The van der Waals surface area contributed by atoms with Crippen LogP contribution < -0.4 is 5.32 Å². The molecule has 2 aliphatic rings. The summed E-state index contributed by atoms with van der Waals surface area (Å²) in [4.78, 5) is 2.83. The van der Waals surface area contributed by atoms with Crippen molar-refractivity contribution in [3.05, 3.63) is 0 Å². The van der Waals surface area contributed by atoms with Crippen LogP contribution in [0, 0.1) is 11.8 Å². The molecule has 0 aromatic carbocycles. The molecule has 0 aromatic rings. The van der Waals surface area contributed by atoms with Crippen LogP contribution in [0.4, 0.5) is 0 Å². The summed E-state index contributed by atoms with van der Waals surface area (Å²) >= 11 is 0. The van der Waals surface area contributed by atoms with Gasteiger partial charge in [0.15, 0.2) is 0 Å². The summed E-state index contributed by atoms with van der Waals surface area (Å²) in [6.07, 6.45) is 5.48. The zero-order valence-corrected chi connectivity index (χ0v) is 13.0. The summed E-state index contributed by atoms with van der Waals surface area (Å²) in [7, 11) is 0. The highest BCUT2D eigenvalue weighted by Crippen LogP contribution is 2.44. The average molecular weight is 252 g/mol. The van der Waals surface area contributed by atoms with Crippen LogP contribution in [0.15, 0.2) is 0 Å². The van der Waals surface area contributed by atoms with Crippen LogP contribution in [0.25, 0.3) is 0 Å². The SMILES string of the molecule is CCC1CNC(CC(C)C)CN1C(C)(C)C1CC1. The Bertz CT molecular complexity index is 268. The van der Waals surface area contributed by atoms with E-state index in [0.29, 0.717) is 11.6 Å².